The van der Waals surface area contributed by atoms with Crippen LogP contribution in [-0.2, 0) is 30.7 Å². The van der Waals surface area contributed by atoms with Gasteiger partial charge in [-0.15, -0.1) is 0 Å². The van der Waals surface area contributed by atoms with Crippen LogP contribution in [0.4, 0.5) is 0 Å². The number of aryl methyl sites for hydroxylation is 1. The summed E-state index contributed by atoms with van der Waals surface area (Å²) in [5.74, 6) is 0.188. The number of aromatic carboxylic acids is 1. The second-order valence-electron chi connectivity index (χ2n) is 11.2. The first-order valence-electron chi connectivity index (χ1n) is 14.6. The van der Waals surface area contributed by atoms with Crippen molar-refractivity contribution in [3.63, 3.8) is 0 Å². The lowest BCUT2D eigenvalue weighted by Crippen LogP contribution is -2.31. The molecular formula is C34H29N5O5. The minimum Gasteiger partial charge on any atom is -0.478 e. The Bertz CT molecular complexity index is 1940. The summed E-state index contributed by atoms with van der Waals surface area (Å²) in [5, 5.41) is 30.5. The molecule has 1 saturated heterocycles. The Balaban J connectivity index is 1.30. The molecular weight excluding hydrogens is 558 g/mol. The number of imidazole rings is 1. The van der Waals surface area contributed by atoms with Gasteiger partial charge >= 0.3 is 5.97 Å². The van der Waals surface area contributed by atoms with Gasteiger partial charge in [-0.3, -0.25) is 0 Å². The molecule has 7 rings (SSSR count). The number of carbonyl (C=O) groups is 1. The molecule has 2 N–H and O–H groups in total. The fraction of sp³-hybridized carbons (Fsp3) is 0.265. The van der Waals surface area contributed by atoms with Crippen molar-refractivity contribution in [2.45, 2.75) is 51.0 Å². The first-order valence-corrected chi connectivity index (χ1v) is 14.6. The minimum atomic E-state index is -1.04. The van der Waals surface area contributed by atoms with Crippen molar-refractivity contribution in [3.05, 3.63) is 106 Å². The van der Waals surface area contributed by atoms with Crippen LogP contribution >= 0.6 is 0 Å². The number of aliphatic hydroxyl groups excluding tert-OH is 1. The normalized spacial score (nSPS) is 17.6. The fourth-order valence-electron chi connectivity index (χ4n) is 5.86. The average Bonchev–Trinajstić information content (AvgIpc) is 3.36. The maximum atomic E-state index is 11.7. The molecule has 2 aliphatic rings. The van der Waals surface area contributed by atoms with E-state index in [-0.39, 0.29) is 18.3 Å². The number of aliphatic hydroxyl groups is 1. The van der Waals surface area contributed by atoms with Crippen molar-refractivity contribution in [3.8, 4) is 23.2 Å². The summed E-state index contributed by atoms with van der Waals surface area (Å²) in [7, 11) is 0. The molecule has 0 saturated carbocycles. The van der Waals surface area contributed by atoms with Crippen LogP contribution < -0.4 is 4.74 Å². The molecule has 4 bridgehead atoms. The zero-order valence-electron chi connectivity index (χ0n) is 23.8. The Morgan fingerprint density at radius 1 is 1.07 bits per heavy atom. The second-order valence-corrected chi connectivity index (χ2v) is 11.2. The molecule has 2 aliphatic heterocycles. The number of carboxylic acids is 1. The first-order chi connectivity index (χ1) is 21.4. The minimum absolute atomic E-state index is 0.0324. The summed E-state index contributed by atoms with van der Waals surface area (Å²) in [5.41, 5.74) is 6.96. The number of rotatable bonds is 5. The third-order valence-corrected chi connectivity index (χ3v) is 8.38. The van der Waals surface area contributed by atoms with Gasteiger partial charge in [0, 0.05) is 30.9 Å². The fourth-order valence-corrected chi connectivity index (χ4v) is 5.86. The van der Waals surface area contributed by atoms with Gasteiger partial charge in [0.2, 0.25) is 5.88 Å². The maximum Gasteiger partial charge on any atom is 0.337 e. The summed E-state index contributed by atoms with van der Waals surface area (Å²) in [6, 6.07) is 20.9. The smallest absolute Gasteiger partial charge is 0.337 e. The Kier molecular flexibility index (Phi) is 7.26. The van der Waals surface area contributed by atoms with Crippen molar-refractivity contribution in [1.29, 1.82) is 5.26 Å². The zero-order chi connectivity index (χ0) is 30.2. The van der Waals surface area contributed by atoms with E-state index in [2.05, 4.69) is 23.2 Å². The monoisotopic (exact) mass is 587 g/mol. The molecule has 5 aromatic rings. The number of aromatic nitrogens is 4. The number of carboxylic acid groups (broad SMARTS) is 1. The van der Waals surface area contributed by atoms with Gasteiger partial charge in [0.25, 0.3) is 0 Å². The van der Waals surface area contributed by atoms with Crippen molar-refractivity contribution < 1.29 is 24.5 Å². The number of ether oxygens (including phenoxy) is 2. The highest BCUT2D eigenvalue weighted by atomic mass is 16.5. The topological polar surface area (TPSA) is 143 Å². The zero-order valence-corrected chi connectivity index (χ0v) is 23.8. The number of fused-ring (bicyclic) bond motifs is 7. The molecule has 1 fully saturated rings. The molecule has 5 heterocycles. The van der Waals surface area contributed by atoms with Crippen molar-refractivity contribution in [1.82, 2.24) is 19.5 Å². The van der Waals surface area contributed by atoms with E-state index in [1.807, 2.05) is 28.8 Å². The quantitative estimate of drug-likeness (QED) is 0.290. The molecule has 10 heteroatoms. The van der Waals surface area contributed by atoms with Gasteiger partial charge in [-0.1, -0.05) is 24.3 Å². The van der Waals surface area contributed by atoms with Crippen LogP contribution in [0, 0.1) is 11.3 Å². The van der Waals surface area contributed by atoms with Gasteiger partial charge in [0.1, 0.15) is 12.4 Å². The van der Waals surface area contributed by atoms with Crippen LogP contribution in [-0.4, -0.2) is 48.4 Å². The van der Waals surface area contributed by atoms with E-state index in [4.69, 9.17) is 19.4 Å². The Hall–Kier alpha value is -5.11. The van der Waals surface area contributed by atoms with E-state index < -0.39 is 12.1 Å². The molecule has 2 aromatic carbocycles. The second kappa shape index (κ2) is 11.5. The molecule has 0 radical (unpaired) electrons. The highest BCUT2D eigenvalue weighted by Gasteiger charge is 2.24. The predicted molar refractivity (Wildman–Crippen MR) is 160 cm³/mol. The molecule has 3 aromatic heterocycles. The third kappa shape index (κ3) is 5.39. The van der Waals surface area contributed by atoms with Crippen LogP contribution in [0.3, 0.4) is 0 Å². The van der Waals surface area contributed by atoms with Gasteiger partial charge in [-0.25, -0.2) is 19.7 Å². The highest BCUT2D eigenvalue weighted by molar-refractivity contribution is 5.91. The number of hydrogen-bond donors (Lipinski definition) is 2. The molecule has 0 amide bonds. The Labute approximate surface area is 253 Å². The molecule has 1 unspecified atom stereocenters. The van der Waals surface area contributed by atoms with Gasteiger partial charge in [-0.05, 0) is 71.8 Å². The summed E-state index contributed by atoms with van der Waals surface area (Å²) < 4.78 is 13.8. The van der Waals surface area contributed by atoms with E-state index in [0.29, 0.717) is 60.6 Å². The summed E-state index contributed by atoms with van der Waals surface area (Å²) in [6.07, 6.45) is 2.95. The van der Waals surface area contributed by atoms with E-state index in [1.54, 1.807) is 24.3 Å². The largest absolute Gasteiger partial charge is 0.478 e. The lowest BCUT2D eigenvalue weighted by molar-refractivity contribution is -0.0589. The molecule has 44 heavy (non-hydrogen) atoms. The molecule has 0 aliphatic carbocycles. The van der Waals surface area contributed by atoms with Gasteiger partial charge < -0.3 is 24.3 Å². The van der Waals surface area contributed by atoms with E-state index in [0.717, 1.165) is 40.2 Å². The Morgan fingerprint density at radius 2 is 1.95 bits per heavy atom. The van der Waals surface area contributed by atoms with Crippen molar-refractivity contribution in [2.75, 3.05) is 6.61 Å². The lowest BCUT2D eigenvalue weighted by atomic mass is 9.92. The number of hydrogen-bond acceptors (Lipinski definition) is 8. The van der Waals surface area contributed by atoms with Crippen LogP contribution in [0.15, 0.2) is 66.9 Å². The van der Waals surface area contributed by atoms with Crippen LogP contribution in [0.5, 0.6) is 5.88 Å². The summed E-state index contributed by atoms with van der Waals surface area (Å²) in [6.45, 7) is 1.48. The number of nitrogens with zero attached hydrogens (tertiary/aromatic N) is 5. The lowest BCUT2D eigenvalue weighted by Gasteiger charge is -2.27. The van der Waals surface area contributed by atoms with Crippen LogP contribution in [0.1, 0.15) is 62.9 Å². The summed E-state index contributed by atoms with van der Waals surface area (Å²) in [4.78, 5) is 25.6. The van der Waals surface area contributed by atoms with E-state index in [1.165, 1.54) is 6.20 Å². The van der Waals surface area contributed by atoms with Crippen LogP contribution in [0.25, 0.3) is 22.4 Å². The number of nitriles is 1. The van der Waals surface area contributed by atoms with E-state index in [9.17, 15) is 20.3 Å². The maximum absolute atomic E-state index is 11.7. The predicted octanol–water partition coefficient (Wildman–Crippen LogP) is 5.00. The van der Waals surface area contributed by atoms with Gasteiger partial charge in [0.15, 0.2) is 5.65 Å². The summed E-state index contributed by atoms with van der Waals surface area (Å²) >= 11 is 0. The van der Waals surface area contributed by atoms with Crippen molar-refractivity contribution >= 4 is 17.1 Å². The number of benzene rings is 2. The van der Waals surface area contributed by atoms with Gasteiger partial charge in [-0.2, -0.15) is 5.26 Å². The molecule has 2 atom stereocenters. The van der Waals surface area contributed by atoms with E-state index >= 15 is 0 Å². The van der Waals surface area contributed by atoms with Crippen molar-refractivity contribution in [2.24, 2.45) is 0 Å². The first kappa shape index (κ1) is 27.7. The average molecular weight is 588 g/mol. The van der Waals surface area contributed by atoms with Crippen LogP contribution in [0.2, 0.25) is 0 Å². The van der Waals surface area contributed by atoms with Gasteiger partial charge in [0.05, 0.1) is 47.2 Å². The highest BCUT2D eigenvalue weighted by Crippen LogP contribution is 2.31. The SMILES string of the molecule is N#Cc1ccc2c(c1)C(O)CCc1cc(ccc1Cc1nc3ncc(C(=O)O)cc3n1C[C@@H]1CCO1)-c1cccc(n1)OC2. The molecule has 220 valence electrons. The molecule has 0 spiro atoms. The molecule has 10 nitrogen and oxygen atoms in total. The standard InChI is InChI=1S/C34H29N5O5/c35-16-20-4-5-24-19-44-32-3-1-2-28(37-32)23-7-6-22(21(13-23)8-9-30(40)27(24)12-20)15-31-38-33-29(14-25(17-36-33)34(41)42)39(31)18-26-10-11-43-26/h1-7,12-14,17,26,30,40H,8-11,15,18-19H2,(H,41,42)/t26-,30?/m0/s1. The third-order valence-electron chi connectivity index (χ3n) is 8.38. The Morgan fingerprint density at radius 3 is 2.75 bits per heavy atom. The number of pyridine rings is 2.